The lowest BCUT2D eigenvalue weighted by atomic mass is 10.2. The number of ether oxygens (including phenoxy) is 1. The van der Waals surface area contributed by atoms with E-state index in [1.165, 1.54) is 0 Å². The molecule has 0 rings (SSSR count). The van der Waals surface area contributed by atoms with E-state index < -0.39 is 0 Å². The number of rotatable bonds is 7. The third kappa shape index (κ3) is 8.26. The Labute approximate surface area is 83.1 Å². The molecule has 1 unspecified atom stereocenters. The lowest BCUT2D eigenvalue weighted by Crippen LogP contribution is -2.33. The summed E-state index contributed by atoms with van der Waals surface area (Å²) in [5, 5.41) is 3.40. The van der Waals surface area contributed by atoms with Crippen LogP contribution in [0.2, 0.25) is 0 Å². The average molecular weight is 187 g/mol. The Morgan fingerprint density at radius 3 is 2.15 bits per heavy atom. The van der Waals surface area contributed by atoms with Gasteiger partial charge in [0, 0.05) is 19.2 Å². The van der Waals surface area contributed by atoms with Gasteiger partial charge in [-0.05, 0) is 12.3 Å². The van der Waals surface area contributed by atoms with Gasteiger partial charge in [-0.15, -0.1) is 0 Å². The average Bonchev–Trinajstić information content (AvgIpc) is 2.04. The van der Waals surface area contributed by atoms with Gasteiger partial charge in [0.15, 0.2) is 0 Å². The Morgan fingerprint density at radius 1 is 1.15 bits per heavy atom. The van der Waals surface area contributed by atoms with E-state index in [-0.39, 0.29) is 0 Å². The molecule has 13 heavy (non-hydrogen) atoms. The number of nitrogens with one attached hydrogen (secondary N) is 1. The van der Waals surface area contributed by atoms with Crippen LogP contribution in [-0.4, -0.2) is 25.3 Å². The van der Waals surface area contributed by atoms with E-state index in [9.17, 15) is 0 Å². The molecule has 0 heterocycles. The molecular formula is C11H25NO. The Kier molecular flexibility index (Phi) is 7.29. The first-order chi connectivity index (χ1) is 6.06. The first-order valence-corrected chi connectivity index (χ1v) is 5.41. The van der Waals surface area contributed by atoms with Crippen LogP contribution in [0.3, 0.4) is 0 Å². The fourth-order valence-electron chi connectivity index (χ4n) is 1.02. The smallest absolute Gasteiger partial charge is 0.0697 e. The maximum Gasteiger partial charge on any atom is 0.0697 e. The maximum atomic E-state index is 5.74. The molecule has 2 heteroatoms. The van der Waals surface area contributed by atoms with Gasteiger partial charge in [-0.25, -0.2) is 0 Å². The fourth-order valence-corrected chi connectivity index (χ4v) is 1.02. The molecule has 0 saturated heterocycles. The van der Waals surface area contributed by atoms with Gasteiger partial charge in [0.05, 0.1) is 6.10 Å². The molecule has 0 aromatic carbocycles. The van der Waals surface area contributed by atoms with Crippen molar-refractivity contribution in [3.8, 4) is 0 Å². The summed E-state index contributed by atoms with van der Waals surface area (Å²) >= 11 is 0. The zero-order valence-electron chi connectivity index (χ0n) is 9.76. The van der Waals surface area contributed by atoms with Crippen LogP contribution in [0.5, 0.6) is 0 Å². The summed E-state index contributed by atoms with van der Waals surface area (Å²) in [6.07, 6.45) is 1.47. The van der Waals surface area contributed by atoms with Crippen molar-refractivity contribution in [1.29, 1.82) is 0 Å². The van der Waals surface area contributed by atoms with E-state index in [0.717, 1.165) is 19.6 Å². The van der Waals surface area contributed by atoms with Crippen LogP contribution < -0.4 is 5.32 Å². The molecule has 2 nitrogen and oxygen atoms in total. The van der Waals surface area contributed by atoms with E-state index in [1.54, 1.807) is 0 Å². The molecule has 0 bridgehead atoms. The second kappa shape index (κ2) is 7.34. The predicted molar refractivity (Wildman–Crippen MR) is 58.0 cm³/mol. The third-order valence-corrected chi connectivity index (χ3v) is 1.87. The summed E-state index contributed by atoms with van der Waals surface area (Å²) < 4.78 is 5.74. The summed E-state index contributed by atoms with van der Waals surface area (Å²) in [6, 6.07) is 0.552. The minimum Gasteiger partial charge on any atom is -0.377 e. The SMILES string of the molecule is CCC(CNC(C)C)OCC(C)C. The van der Waals surface area contributed by atoms with E-state index in [2.05, 4.69) is 39.9 Å². The predicted octanol–water partition coefficient (Wildman–Crippen LogP) is 2.44. The summed E-state index contributed by atoms with van der Waals surface area (Å²) in [6.45, 7) is 12.7. The van der Waals surface area contributed by atoms with Gasteiger partial charge in [0.2, 0.25) is 0 Å². The van der Waals surface area contributed by atoms with Gasteiger partial charge >= 0.3 is 0 Å². The molecule has 0 saturated carbocycles. The minimum atomic E-state index is 0.379. The van der Waals surface area contributed by atoms with Crippen LogP contribution in [0.1, 0.15) is 41.0 Å². The number of hydrogen-bond acceptors (Lipinski definition) is 2. The summed E-state index contributed by atoms with van der Waals surface area (Å²) in [7, 11) is 0. The highest BCUT2D eigenvalue weighted by Gasteiger charge is 2.07. The summed E-state index contributed by atoms with van der Waals surface area (Å²) in [5.41, 5.74) is 0. The van der Waals surface area contributed by atoms with Gasteiger partial charge in [-0.1, -0.05) is 34.6 Å². The summed E-state index contributed by atoms with van der Waals surface area (Å²) in [5.74, 6) is 0.632. The minimum absolute atomic E-state index is 0.379. The molecule has 0 aromatic heterocycles. The second-order valence-electron chi connectivity index (χ2n) is 4.32. The van der Waals surface area contributed by atoms with Crippen molar-refractivity contribution in [2.24, 2.45) is 5.92 Å². The molecule has 0 aliphatic carbocycles. The maximum absolute atomic E-state index is 5.74. The van der Waals surface area contributed by atoms with Gasteiger partial charge in [0.1, 0.15) is 0 Å². The molecule has 1 N–H and O–H groups in total. The van der Waals surface area contributed by atoms with E-state index in [4.69, 9.17) is 4.74 Å². The fraction of sp³-hybridized carbons (Fsp3) is 1.00. The highest BCUT2D eigenvalue weighted by Crippen LogP contribution is 2.01. The monoisotopic (exact) mass is 187 g/mol. The van der Waals surface area contributed by atoms with Crippen LogP contribution in [0.25, 0.3) is 0 Å². The standard InChI is InChI=1S/C11H25NO/c1-6-11(7-12-10(4)5)13-8-9(2)3/h9-12H,6-8H2,1-5H3. The Bertz CT molecular complexity index is 101. The lowest BCUT2D eigenvalue weighted by Gasteiger charge is -2.19. The Balaban J connectivity index is 3.51. The van der Waals surface area contributed by atoms with Crippen LogP contribution in [0, 0.1) is 5.92 Å². The molecule has 0 fully saturated rings. The van der Waals surface area contributed by atoms with Gasteiger partial charge in [-0.3, -0.25) is 0 Å². The molecule has 0 aliphatic rings. The molecule has 0 radical (unpaired) electrons. The lowest BCUT2D eigenvalue weighted by molar-refractivity contribution is 0.0329. The highest BCUT2D eigenvalue weighted by atomic mass is 16.5. The van der Waals surface area contributed by atoms with Crippen molar-refractivity contribution in [2.75, 3.05) is 13.2 Å². The van der Waals surface area contributed by atoms with Crippen LogP contribution >= 0.6 is 0 Å². The van der Waals surface area contributed by atoms with Gasteiger partial charge < -0.3 is 10.1 Å². The van der Waals surface area contributed by atoms with Crippen molar-refractivity contribution in [3.63, 3.8) is 0 Å². The van der Waals surface area contributed by atoms with Gasteiger partial charge in [-0.2, -0.15) is 0 Å². The topological polar surface area (TPSA) is 21.3 Å². The molecule has 0 aliphatic heterocycles. The molecular weight excluding hydrogens is 162 g/mol. The molecule has 0 spiro atoms. The second-order valence-corrected chi connectivity index (χ2v) is 4.32. The normalized spacial score (nSPS) is 14.1. The molecule has 80 valence electrons. The molecule has 0 aromatic rings. The van der Waals surface area contributed by atoms with E-state index >= 15 is 0 Å². The first-order valence-electron chi connectivity index (χ1n) is 5.41. The van der Waals surface area contributed by atoms with E-state index in [1.807, 2.05) is 0 Å². The third-order valence-electron chi connectivity index (χ3n) is 1.87. The highest BCUT2D eigenvalue weighted by molar-refractivity contribution is 4.62. The molecule has 1 atom stereocenters. The molecule has 0 amide bonds. The zero-order chi connectivity index (χ0) is 10.3. The largest absolute Gasteiger partial charge is 0.377 e. The van der Waals surface area contributed by atoms with Crippen molar-refractivity contribution in [2.45, 2.75) is 53.2 Å². The summed E-state index contributed by atoms with van der Waals surface area (Å²) in [4.78, 5) is 0. The van der Waals surface area contributed by atoms with E-state index in [0.29, 0.717) is 18.1 Å². The zero-order valence-corrected chi connectivity index (χ0v) is 9.76. The van der Waals surface area contributed by atoms with Crippen molar-refractivity contribution in [1.82, 2.24) is 5.32 Å². The van der Waals surface area contributed by atoms with Crippen molar-refractivity contribution >= 4 is 0 Å². The number of hydrogen-bond donors (Lipinski definition) is 1. The first kappa shape index (κ1) is 12.9. The van der Waals surface area contributed by atoms with Crippen LogP contribution in [0.4, 0.5) is 0 Å². The Hall–Kier alpha value is -0.0800. The van der Waals surface area contributed by atoms with Crippen molar-refractivity contribution in [3.05, 3.63) is 0 Å². The Morgan fingerprint density at radius 2 is 1.77 bits per heavy atom. The van der Waals surface area contributed by atoms with Crippen LogP contribution in [0.15, 0.2) is 0 Å². The quantitative estimate of drug-likeness (QED) is 0.661. The van der Waals surface area contributed by atoms with Gasteiger partial charge in [0.25, 0.3) is 0 Å². The van der Waals surface area contributed by atoms with Crippen molar-refractivity contribution < 1.29 is 4.74 Å². The van der Waals surface area contributed by atoms with Crippen LogP contribution in [-0.2, 0) is 4.74 Å².